The SMILES string of the molecule is CCNCc1ccc(CS(=O)(=O)C2CCCCC2)o1. The summed E-state index contributed by atoms with van der Waals surface area (Å²) in [6.45, 7) is 3.55. The van der Waals surface area contributed by atoms with Gasteiger partial charge in [0, 0.05) is 0 Å². The molecule has 1 aliphatic rings. The van der Waals surface area contributed by atoms with Gasteiger partial charge in [0.1, 0.15) is 17.3 Å². The normalized spacial score (nSPS) is 17.7. The van der Waals surface area contributed by atoms with Gasteiger partial charge in [-0.15, -0.1) is 0 Å². The van der Waals surface area contributed by atoms with Gasteiger partial charge in [0.25, 0.3) is 0 Å². The summed E-state index contributed by atoms with van der Waals surface area (Å²) in [6.07, 6.45) is 4.86. The van der Waals surface area contributed by atoms with E-state index in [1.807, 2.05) is 13.0 Å². The number of rotatable bonds is 6. The van der Waals surface area contributed by atoms with Crippen molar-refractivity contribution in [1.82, 2.24) is 5.32 Å². The number of hydrogen-bond donors (Lipinski definition) is 1. The van der Waals surface area contributed by atoms with Gasteiger partial charge in [0.05, 0.1) is 11.8 Å². The van der Waals surface area contributed by atoms with Crippen LogP contribution in [-0.2, 0) is 22.1 Å². The standard InChI is InChI=1S/C14H23NO3S/c1-2-15-10-12-8-9-13(18-12)11-19(16,17)14-6-4-3-5-7-14/h8-9,14-15H,2-7,10-11H2,1H3. The Kier molecular flexibility index (Phi) is 5.05. The lowest BCUT2D eigenvalue weighted by molar-refractivity contribution is 0.452. The average Bonchev–Trinajstić information content (AvgIpc) is 2.84. The first-order valence-electron chi connectivity index (χ1n) is 7.11. The summed E-state index contributed by atoms with van der Waals surface area (Å²) >= 11 is 0. The monoisotopic (exact) mass is 285 g/mol. The highest BCUT2D eigenvalue weighted by Gasteiger charge is 2.28. The summed E-state index contributed by atoms with van der Waals surface area (Å²) in [5.74, 6) is 1.42. The lowest BCUT2D eigenvalue weighted by atomic mass is 10.0. The maximum Gasteiger partial charge on any atom is 0.160 e. The van der Waals surface area contributed by atoms with E-state index >= 15 is 0 Å². The summed E-state index contributed by atoms with van der Waals surface area (Å²) in [7, 11) is -3.06. The third kappa shape index (κ3) is 4.08. The Morgan fingerprint density at radius 1 is 1.21 bits per heavy atom. The predicted octanol–water partition coefficient (Wildman–Crippen LogP) is 2.64. The Bertz CT molecular complexity index is 487. The van der Waals surface area contributed by atoms with E-state index in [4.69, 9.17) is 4.42 Å². The van der Waals surface area contributed by atoms with Crippen molar-refractivity contribution in [3.63, 3.8) is 0 Å². The second-order valence-electron chi connectivity index (χ2n) is 5.22. The number of sulfone groups is 1. The minimum Gasteiger partial charge on any atom is -0.464 e. The molecule has 0 saturated heterocycles. The van der Waals surface area contributed by atoms with E-state index in [1.54, 1.807) is 6.07 Å². The molecular formula is C14H23NO3S. The molecule has 108 valence electrons. The third-order valence-corrected chi connectivity index (χ3v) is 5.84. The van der Waals surface area contributed by atoms with Crippen LogP contribution in [0.15, 0.2) is 16.5 Å². The Hall–Kier alpha value is -0.810. The molecule has 4 nitrogen and oxygen atoms in total. The van der Waals surface area contributed by atoms with E-state index in [-0.39, 0.29) is 11.0 Å². The molecule has 1 fully saturated rings. The molecule has 1 aromatic heterocycles. The highest BCUT2D eigenvalue weighted by Crippen LogP contribution is 2.26. The Labute approximate surface area is 115 Å². The Morgan fingerprint density at radius 2 is 1.89 bits per heavy atom. The third-order valence-electron chi connectivity index (χ3n) is 3.67. The van der Waals surface area contributed by atoms with Crippen molar-refractivity contribution < 1.29 is 12.8 Å². The van der Waals surface area contributed by atoms with Crippen molar-refractivity contribution in [2.45, 2.75) is 56.6 Å². The molecule has 1 saturated carbocycles. The molecule has 0 bridgehead atoms. The van der Waals surface area contributed by atoms with Gasteiger partial charge in [-0.2, -0.15) is 0 Å². The van der Waals surface area contributed by atoms with Gasteiger partial charge in [-0.3, -0.25) is 0 Å². The molecule has 2 rings (SSSR count). The van der Waals surface area contributed by atoms with Gasteiger partial charge in [-0.1, -0.05) is 26.2 Å². The first kappa shape index (κ1) is 14.6. The van der Waals surface area contributed by atoms with E-state index in [2.05, 4.69) is 5.32 Å². The molecule has 19 heavy (non-hydrogen) atoms. The van der Waals surface area contributed by atoms with Crippen molar-refractivity contribution in [1.29, 1.82) is 0 Å². The molecule has 0 radical (unpaired) electrons. The molecule has 0 atom stereocenters. The molecule has 0 amide bonds. The fourth-order valence-electron chi connectivity index (χ4n) is 2.58. The maximum atomic E-state index is 12.3. The van der Waals surface area contributed by atoms with Crippen molar-refractivity contribution in [3.05, 3.63) is 23.7 Å². The molecule has 1 aliphatic carbocycles. The Balaban J connectivity index is 1.97. The summed E-state index contributed by atoms with van der Waals surface area (Å²) in [5, 5.41) is 3.00. The van der Waals surface area contributed by atoms with Crippen LogP contribution in [-0.4, -0.2) is 20.2 Å². The van der Waals surface area contributed by atoms with Crippen LogP contribution in [0.25, 0.3) is 0 Å². The molecule has 1 heterocycles. The highest BCUT2D eigenvalue weighted by molar-refractivity contribution is 7.91. The van der Waals surface area contributed by atoms with E-state index in [0.717, 1.165) is 38.0 Å². The summed E-state index contributed by atoms with van der Waals surface area (Å²) in [5.41, 5.74) is 0. The van der Waals surface area contributed by atoms with Gasteiger partial charge in [-0.25, -0.2) is 8.42 Å². The highest BCUT2D eigenvalue weighted by atomic mass is 32.2. The smallest absolute Gasteiger partial charge is 0.160 e. The second kappa shape index (κ2) is 6.57. The van der Waals surface area contributed by atoms with E-state index < -0.39 is 9.84 Å². The fourth-order valence-corrected chi connectivity index (χ4v) is 4.42. The van der Waals surface area contributed by atoms with Gasteiger partial charge >= 0.3 is 0 Å². The van der Waals surface area contributed by atoms with Gasteiger partial charge in [-0.05, 0) is 31.5 Å². The lowest BCUT2D eigenvalue weighted by Gasteiger charge is -2.21. The van der Waals surface area contributed by atoms with Crippen molar-refractivity contribution in [2.75, 3.05) is 6.54 Å². The van der Waals surface area contributed by atoms with E-state index in [9.17, 15) is 8.42 Å². The van der Waals surface area contributed by atoms with Crippen LogP contribution in [0.4, 0.5) is 0 Å². The molecule has 0 spiro atoms. The van der Waals surface area contributed by atoms with Crippen LogP contribution in [0, 0.1) is 0 Å². The average molecular weight is 285 g/mol. The van der Waals surface area contributed by atoms with E-state index in [0.29, 0.717) is 12.3 Å². The zero-order valence-corrected chi connectivity index (χ0v) is 12.3. The maximum absolute atomic E-state index is 12.3. The van der Waals surface area contributed by atoms with Crippen molar-refractivity contribution >= 4 is 9.84 Å². The van der Waals surface area contributed by atoms with E-state index in [1.165, 1.54) is 6.42 Å². The van der Waals surface area contributed by atoms with Crippen LogP contribution in [0.3, 0.4) is 0 Å². The lowest BCUT2D eigenvalue weighted by Crippen LogP contribution is -2.25. The molecule has 0 aromatic carbocycles. The fraction of sp³-hybridized carbons (Fsp3) is 0.714. The number of furan rings is 1. The van der Waals surface area contributed by atoms with Crippen LogP contribution >= 0.6 is 0 Å². The van der Waals surface area contributed by atoms with Gasteiger partial charge in [0.2, 0.25) is 0 Å². The predicted molar refractivity (Wildman–Crippen MR) is 75.6 cm³/mol. The van der Waals surface area contributed by atoms with Crippen LogP contribution in [0.1, 0.15) is 50.5 Å². The van der Waals surface area contributed by atoms with Gasteiger partial charge < -0.3 is 9.73 Å². The molecule has 0 unspecified atom stereocenters. The summed E-state index contributed by atoms with van der Waals surface area (Å²) in [4.78, 5) is 0. The molecule has 5 heteroatoms. The first-order chi connectivity index (χ1) is 9.12. The summed E-state index contributed by atoms with van der Waals surface area (Å²) < 4.78 is 30.2. The summed E-state index contributed by atoms with van der Waals surface area (Å²) in [6, 6.07) is 3.64. The second-order valence-corrected chi connectivity index (χ2v) is 7.50. The zero-order chi connectivity index (χ0) is 13.7. The molecule has 0 aliphatic heterocycles. The van der Waals surface area contributed by atoms with Crippen molar-refractivity contribution in [2.24, 2.45) is 0 Å². The minimum absolute atomic E-state index is 0.0454. The van der Waals surface area contributed by atoms with Gasteiger partial charge in [0.15, 0.2) is 9.84 Å². The zero-order valence-electron chi connectivity index (χ0n) is 11.5. The molecule has 1 N–H and O–H groups in total. The largest absolute Gasteiger partial charge is 0.464 e. The minimum atomic E-state index is -3.06. The molecule has 1 aromatic rings. The van der Waals surface area contributed by atoms with Crippen molar-refractivity contribution in [3.8, 4) is 0 Å². The first-order valence-corrected chi connectivity index (χ1v) is 8.83. The quantitative estimate of drug-likeness (QED) is 0.873. The number of nitrogens with one attached hydrogen (secondary N) is 1. The number of hydrogen-bond acceptors (Lipinski definition) is 4. The Morgan fingerprint density at radius 3 is 2.58 bits per heavy atom. The van der Waals surface area contributed by atoms with Crippen LogP contribution in [0.5, 0.6) is 0 Å². The molecular weight excluding hydrogens is 262 g/mol. The van der Waals surface area contributed by atoms with Crippen LogP contribution in [0.2, 0.25) is 0 Å². The van der Waals surface area contributed by atoms with Crippen LogP contribution < -0.4 is 5.32 Å². The topological polar surface area (TPSA) is 59.3 Å².